The summed E-state index contributed by atoms with van der Waals surface area (Å²) >= 11 is 3.47. The lowest BCUT2D eigenvalue weighted by molar-refractivity contribution is -0.0509. The van der Waals surface area contributed by atoms with E-state index in [1.807, 2.05) is 19.0 Å². The molecule has 1 aliphatic heterocycles. The van der Waals surface area contributed by atoms with Gasteiger partial charge in [-0.2, -0.15) is 0 Å². The molecular formula is C13H17BrN4O4. The maximum atomic E-state index is 10.2. The van der Waals surface area contributed by atoms with Gasteiger partial charge in [0, 0.05) is 24.8 Å². The maximum absolute atomic E-state index is 10.2. The van der Waals surface area contributed by atoms with E-state index in [1.54, 1.807) is 10.8 Å². The van der Waals surface area contributed by atoms with E-state index in [0.717, 1.165) is 15.7 Å². The zero-order valence-electron chi connectivity index (χ0n) is 12.1. The third-order valence-electron chi connectivity index (χ3n) is 3.76. The van der Waals surface area contributed by atoms with Gasteiger partial charge in [0.05, 0.1) is 12.0 Å². The summed E-state index contributed by atoms with van der Waals surface area (Å²) < 4.78 is 7.95. The summed E-state index contributed by atoms with van der Waals surface area (Å²) in [5.41, 5.74) is 0.570. The van der Waals surface area contributed by atoms with Gasteiger partial charge in [-0.3, -0.25) is 0 Å². The minimum absolute atomic E-state index is 0.368. The molecule has 0 radical (unpaired) electrons. The molecule has 2 aromatic heterocycles. The van der Waals surface area contributed by atoms with E-state index in [-0.39, 0.29) is 6.61 Å². The van der Waals surface area contributed by atoms with E-state index in [4.69, 9.17) is 4.74 Å². The van der Waals surface area contributed by atoms with Crippen molar-refractivity contribution in [3.8, 4) is 0 Å². The molecule has 1 saturated heterocycles. The standard InChI is InChI=1S/C13H17BrN4O4/c1-17(2)11-8-6(14)3-18(12(8)16-5-15-11)13-10(21)9(20)7(4-19)22-13/h3,5,7,9-10,13,19-21H,4H2,1-2H3/t7-,9+,10+,13+/m0/s1. The van der Waals surface area contributed by atoms with Crippen molar-refractivity contribution < 1.29 is 20.1 Å². The minimum Gasteiger partial charge on any atom is -0.394 e. The quantitative estimate of drug-likeness (QED) is 0.689. The van der Waals surface area contributed by atoms with Crippen LogP contribution in [0, 0.1) is 0 Å². The van der Waals surface area contributed by atoms with E-state index in [2.05, 4.69) is 25.9 Å². The van der Waals surface area contributed by atoms with Crippen LogP contribution in [0.3, 0.4) is 0 Å². The van der Waals surface area contributed by atoms with Crippen molar-refractivity contribution in [2.75, 3.05) is 25.6 Å². The molecule has 0 aliphatic carbocycles. The summed E-state index contributed by atoms with van der Waals surface area (Å²) in [6.07, 6.45) is -0.801. The van der Waals surface area contributed by atoms with Crippen molar-refractivity contribution in [2.45, 2.75) is 24.5 Å². The first kappa shape index (κ1) is 15.6. The van der Waals surface area contributed by atoms with Gasteiger partial charge in [0.15, 0.2) is 6.23 Å². The summed E-state index contributed by atoms with van der Waals surface area (Å²) in [4.78, 5) is 10.4. The third kappa shape index (κ3) is 2.29. The predicted octanol–water partition coefficient (Wildman–Crippen LogP) is -0.129. The molecule has 0 saturated carbocycles. The Bertz CT molecular complexity index is 692. The second-order valence-electron chi connectivity index (χ2n) is 5.40. The van der Waals surface area contributed by atoms with E-state index < -0.39 is 24.5 Å². The fourth-order valence-corrected chi connectivity index (χ4v) is 3.24. The summed E-state index contributed by atoms with van der Waals surface area (Å²) in [6.45, 7) is -0.368. The molecule has 0 spiro atoms. The van der Waals surface area contributed by atoms with Crippen molar-refractivity contribution in [3.05, 3.63) is 17.0 Å². The monoisotopic (exact) mass is 372 g/mol. The van der Waals surface area contributed by atoms with Crippen LogP contribution in [-0.2, 0) is 4.74 Å². The smallest absolute Gasteiger partial charge is 0.164 e. The zero-order chi connectivity index (χ0) is 16.0. The van der Waals surface area contributed by atoms with Gasteiger partial charge in [0.1, 0.15) is 36.1 Å². The summed E-state index contributed by atoms with van der Waals surface area (Å²) in [5.74, 6) is 0.724. The topological polar surface area (TPSA) is 104 Å². The molecule has 2 aromatic rings. The van der Waals surface area contributed by atoms with Crippen LogP contribution >= 0.6 is 15.9 Å². The SMILES string of the molecule is CN(C)c1ncnc2c1c(Br)cn2[C@@H]1O[C@@H](CO)[C@@H](O)[C@H]1O. The van der Waals surface area contributed by atoms with Crippen LogP contribution in [0.1, 0.15) is 6.23 Å². The lowest BCUT2D eigenvalue weighted by Crippen LogP contribution is -2.33. The Labute approximate surface area is 135 Å². The number of ether oxygens (including phenoxy) is 1. The van der Waals surface area contributed by atoms with Gasteiger partial charge in [-0.15, -0.1) is 0 Å². The highest BCUT2D eigenvalue weighted by Gasteiger charge is 2.44. The minimum atomic E-state index is -1.16. The molecule has 3 heterocycles. The number of aromatic nitrogens is 3. The molecule has 1 fully saturated rings. The molecule has 9 heteroatoms. The van der Waals surface area contributed by atoms with Crippen LogP contribution in [0.2, 0.25) is 0 Å². The molecule has 120 valence electrons. The molecule has 8 nitrogen and oxygen atoms in total. The first-order valence-electron chi connectivity index (χ1n) is 6.76. The van der Waals surface area contributed by atoms with Gasteiger partial charge in [0.2, 0.25) is 0 Å². The Hall–Kier alpha value is -1.26. The second-order valence-corrected chi connectivity index (χ2v) is 6.26. The Balaban J connectivity index is 2.11. The number of aliphatic hydroxyl groups is 3. The highest BCUT2D eigenvalue weighted by atomic mass is 79.9. The molecule has 0 unspecified atom stereocenters. The van der Waals surface area contributed by atoms with E-state index in [1.165, 1.54) is 6.33 Å². The fraction of sp³-hybridized carbons (Fsp3) is 0.538. The predicted molar refractivity (Wildman–Crippen MR) is 82.6 cm³/mol. The first-order valence-corrected chi connectivity index (χ1v) is 7.55. The van der Waals surface area contributed by atoms with Crippen LogP contribution < -0.4 is 4.90 Å². The number of rotatable bonds is 3. The van der Waals surface area contributed by atoms with Gasteiger partial charge >= 0.3 is 0 Å². The van der Waals surface area contributed by atoms with Crippen LogP contribution in [-0.4, -0.2) is 68.9 Å². The Kier molecular flexibility index (Phi) is 4.08. The van der Waals surface area contributed by atoms with Gasteiger partial charge < -0.3 is 29.5 Å². The van der Waals surface area contributed by atoms with Crippen LogP contribution in [0.5, 0.6) is 0 Å². The molecule has 22 heavy (non-hydrogen) atoms. The summed E-state index contributed by atoms with van der Waals surface area (Å²) in [5, 5.41) is 30.1. The highest BCUT2D eigenvalue weighted by Crippen LogP contribution is 2.37. The van der Waals surface area contributed by atoms with Crippen molar-refractivity contribution in [1.29, 1.82) is 0 Å². The zero-order valence-corrected chi connectivity index (χ0v) is 13.7. The number of fused-ring (bicyclic) bond motifs is 1. The van der Waals surface area contributed by atoms with Crippen molar-refractivity contribution in [1.82, 2.24) is 14.5 Å². The lowest BCUT2D eigenvalue weighted by Gasteiger charge is -2.18. The fourth-order valence-electron chi connectivity index (χ4n) is 2.67. The van der Waals surface area contributed by atoms with E-state index >= 15 is 0 Å². The largest absolute Gasteiger partial charge is 0.394 e. The van der Waals surface area contributed by atoms with Gasteiger partial charge in [0.25, 0.3) is 0 Å². The molecule has 3 N–H and O–H groups in total. The first-order chi connectivity index (χ1) is 10.5. The van der Waals surface area contributed by atoms with Crippen LogP contribution in [0.4, 0.5) is 5.82 Å². The van der Waals surface area contributed by atoms with E-state index in [0.29, 0.717) is 5.65 Å². The molecule has 4 atom stereocenters. The third-order valence-corrected chi connectivity index (χ3v) is 4.36. The Morgan fingerprint density at radius 1 is 1.32 bits per heavy atom. The molecular weight excluding hydrogens is 356 g/mol. The van der Waals surface area contributed by atoms with Gasteiger partial charge in [-0.05, 0) is 15.9 Å². The average Bonchev–Trinajstić information content (AvgIpc) is 2.98. The lowest BCUT2D eigenvalue weighted by atomic mass is 10.1. The van der Waals surface area contributed by atoms with Crippen molar-refractivity contribution in [2.24, 2.45) is 0 Å². The number of hydrogen-bond acceptors (Lipinski definition) is 7. The maximum Gasteiger partial charge on any atom is 0.164 e. The Morgan fingerprint density at radius 3 is 2.64 bits per heavy atom. The van der Waals surface area contributed by atoms with Crippen LogP contribution in [0.15, 0.2) is 17.0 Å². The Morgan fingerprint density at radius 2 is 2.05 bits per heavy atom. The number of halogens is 1. The van der Waals surface area contributed by atoms with Crippen LogP contribution in [0.25, 0.3) is 11.0 Å². The number of aliphatic hydroxyl groups excluding tert-OH is 3. The molecule has 1 aliphatic rings. The van der Waals surface area contributed by atoms with Gasteiger partial charge in [-0.25, -0.2) is 9.97 Å². The average molecular weight is 373 g/mol. The normalized spacial score (nSPS) is 28.5. The van der Waals surface area contributed by atoms with Gasteiger partial charge in [-0.1, -0.05) is 0 Å². The molecule has 0 bridgehead atoms. The van der Waals surface area contributed by atoms with E-state index in [9.17, 15) is 15.3 Å². The summed E-state index contributed by atoms with van der Waals surface area (Å²) in [6, 6.07) is 0. The highest BCUT2D eigenvalue weighted by molar-refractivity contribution is 9.10. The number of hydrogen-bond donors (Lipinski definition) is 3. The van der Waals surface area contributed by atoms with Crippen molar-refractivity contribution in [3.63, 3.8) is 0 Å². The summed E-state index contributed by atoms with van der Waals surface area (Å²) in [7, 11) is 3.75. The second kappa shape index (κ2) is 5.74. The molecule has 0 amide bonds. The van der Waals surface area contributed by atoms with Crippen molar-refractivity contribution >= 4 is 32.8 Å². The number of anilines is 1. The number of nitrogens with zero attached hydrogens (tertiary/aromatic N) is 4. The molecule has 3 rings (SSSR count). The molecule has 0 aromatic carbocycles.